The van der Waals surface area contributed by atoms with Crippen molar-refractivity contribution in [3.8, 4) is 0 Å². The number of benzene rings is 1. The Bertz CT molecular complexity index is 360. The third-order valence-corrected chi connectivity index (χ3v) is 3.19. The maximum Gasteiger partial charge on any atom is 0.226 e. The Morgan fingerprint density at radius 1 is 1.35 bits per heavy atom. The summed E-state index contributed by atoms with van der Waals surface area (Å²) >= 11 is 0. The van der Waals surface area contributed by atoms with Gasteiger partial charge >= 0.3 is 0 Å². The number of aliphatic hydroxyl groups excluding tert-OH is 1. The molecule has 0 heterocycles. The molecule has 0 bridgehead atoms. The molecule has 1 rings (SSSR count). The minimum atomic E-state index is -0.401. The molecule has 0 aliphatic carbocycles. The Morgan fingerprint density at radius 2 is 1.94 bits per heavy atom. The molecule has 1 aromatic carbocycles. The average Bonchev–Trinajstić information content (AvgIpc) is 2.36. The molecule has 94 valence electrons. The van der Waals surface area contributed by atoms with Crippen molar-refractivity contribution in [3.63, 3.8) is 0 Å². The predicted octanol–water partition coefficient (Wildman–Crippen LogP) is 2.27. The monoisotopic (exact) mass is 235 g/mol. The fourth-order valence-corrected chi connectivity index (χ4v) is 1.43. The lowest BCUT2D eigenvalue weighted by Gasteiger charge is -2.25. The van der Waals surface area contributed by atoms with Crippen LogP contribution in [0.15, 0.2) is 30.3 Å². The van der Waals surface area contributed by atoms with Crippen LogP contribution in [0, 0.1) is 5.41 Å². The Labute approximate surface area is 103 Å². The lowest BCUT2D eigenvalue weighted by molar-refractivity contribution is -0.130. The summed E-state index contributed by atoms with van der Waals surface area (Å²) < 4.78 is 0. The molecular formula is C14H21NO2. The highest BCUT2D eigenvalue weighted by Gasteiger charge is 2.27. The molecule has 0 aromatic heterocycles. The minimum absolute atomic E-state index is 0.0251. The van der Waals surface area contributed by atoms with Crippen LogP contribution in [0.1, 0.15) is 38.8 Å². The van der Waals surface area contributed by atoms with Crippen LogP contribution in [0.5, 0.6) is 0 Å². The standard InChI is InChI=1S/C14H21NO2/c1-4-14(2,3)13(17)15-12(10-16)11-8-6-5-7-9-11/h5-9,12,16H,4,10H2,1-3H3,(H,15,17)/t12-/m1/s1. The second-order valence-electron chi connectivity index (χ2n) is 4.86. The summed E-state index contributed by atoms with van der Waals surface area (Å²) in [7, 11) is 0. The quantitative estimate of drug-likeness (QED) is 0.822. The first-order chi connectivity index (χ1) is 8.01. The number of hydrogen-bond donors (Lipinski definition) is 2. The van der Waals surface area contributed by atoms with Crippen LogP contribution >= 0.6 is 0 Å². The fourth-order valence-electron chi connectivity index (χ4n) is 1.43. The predicted molar refractivity (Wildman–Crippen MR) is 68.5 cm³/mol. The van der Waals surface area contributed by atoms with E-state index < -0.39 is 5.41 Å². The van der Waals surface area contributed by atoms with Crippen LogP contribution in [0.25, 0.3) is 0 Å². The molecule has 3 nitrogen and oxygen atoms in total. The topological polar surface area (TPSA) is 49.3 Å². The normalized spacial score (nSPS) is 13.2. The van der Waals surface area contributed by atoms with Crippen molar-refractivity contribution in [2.75, 3.05) is 6.61 Å². The van der Waals surface area contributed by atoms with Gasteiger partial charge in [-0.2, -0.15) is 0 Å². The summed E-state index contributed by atoms with van der Waals surface area (Å²) in [6.07, 6.45) is 0.770. The van der Waals surface area contributed by atoms with Gasteiger partial charge in [0, 0.05) is 5.41 Å². The van der Waals surface area contributed by atoms with Gasteiger partial charge in [0.1, 0.15) is 0 Å². The summed E-state index contributed by atoms with van der Waals surface area (Å²) in [5.74, 6) is -0.0251. The summed E-state index contributed by atoms with van der Waals surface area (Å²) in [6.45, 7) is 5.70. The highest BCUT2D eigenvalue weighted by atomic mass is 16.3. The molecule has 0 saturated carbocycles. The molecule has 0 radical (unpaired) electrons. The second-order valence-corrected chi connectivity index (χ2v) is 4.86. The number of hydrogen-bond acceptors (Lipinski definition) is 2. The van der Waals surface area contributed by atoms with Gasteiger partial charge in [0.2, 0.25) is 5.91 Å². The number of rotatable bonds is 5. The third-order valence-electron chi connectivity index (χ3n) is 3.19. The van der Waals surface area contributed by atoms with E-state index in [2.05, 4.69) is 5.32 Å². The molecule has 1 atom stereocenters. The Hall–Kier alpha value is -1.35. The van der Waals surface area contributed by atoms with Crippen molar-refractivity contribution < 1.29 is 9.90 Å². The first-order valence-electron chi connectivity index (χ1n) is 5.98. The van der Waals surface area contributed by atoms with E-state index in [4.69, 9.17) is 0 Å². The molecule has 1 aromatic rings. The Morgan fingerprint density at radius 3 is 2.41 bits per heavy atom. The van der Waals surface area contributed by atoms with Crippen LogP contribution in [0.4, 0.5) is 0 Å². The van der Waals surface area contributed by atoms with Crippen LogP contribution in [0.2, 0.25) is 0 Å². The van der Waals surface area contributed by atoms with Gasteiger partial charge in [0.15, 0.2) is 0 Å². The largest absolute Gasteiger partial charge is 0.394 e. The van der Waals surface area contributed by atoms with Crippen LogP contribution in [-0.2, 0) is 4.79 Å². The zero-order valence-corrected chi connectivity index (χ0v) is 10.7. The van der Waals surface area contributed by atoms with Gasteiger partial charge in [0.25, 0.3) is 0 Å². The van der Waals surface area contributed by atoms with Crippen molar-refractivity contribution >= 4 is 5.91 Å². The lowest BCUT2D eigenvalue weighted by atomic mass is 9.88. The number of nitrogens with one attached hydrogen (secondary N) is 1. The molecule has 0 spiro atoms. The second kappa shape index (κ2) is 5.82. The van der Waals surface area contributed by atoms with Gasteiger partial charge < -0.3 is 10.4 Å². The number of carbonyl (C=O) groups is 1. The maximum atomic E-state index is 12.0. The van der Waals surface area contributed by atoms with Gasteiger partial charge in [-0.25, -0.2) is 0 Å². The minimum Gasteiger partial charge on any atom is -0.394 e. The van der Waals surface area contributed by atoms with E-state index in [-0.39, 0.29) is 18.6 Å². The first kappa shape index (κ1) is 13.7. The van der Waals surface area contributed by atoms with Crippen molar-refractivity contribution in [1.29, 1.82) is 0 Å². The maximum absolute atomic E-state index is 12.0. The van der Waals surface area contributed by atoms with Crippen LogP contribution in [0.3, 0.4) is 0 Å². The van der Waals surface area contributed by atoms with Crippen molar-refractivity contribution in [3.05, 3.63) is 35.9 Å². The molecule has 0 aliphatic heterocycles. The van der Waals surface area contributed by atoms with Gasteiger partial charge in [0.05, 0.1) is 12.6 Å². The lowest BCUT2D eigenvalue weighted by Crippen LogP contribution is -2.39. The zero-order valence-electron chi connectivity index (χ0n) is 10.7. The van der Waals surface area contributed by atoms with Crippen LogP contribution < -0.4 is 5.32 Å². The Balaban J connectivity index is 2.75. The zero-order chi connectivity index (χ0) is 12.9. The molecule has 0 fully saturated rings. The molecular weight excluding hydrogens is 214 g/mol. The SMILES string of the molecule is CCC(C)(C)C(=O)N[C@H](CO)c1ccccc1. The molecule has 0 saturated heterocycles. The van der Waals surface area contributed by atoms with Gasteiger partial charge in [-0.3, -0.25) is 4.79 Å². The number of aliphatic hydroxyl groups is 1. The van der Waals surface area contributed by atoms with Gasteiger partial charge in [-0.15, -0.1) is 0 Å². The summed E-state index contributed by atoms with van der Waals surface area (Å²) in [4.78, 5) is 12.0. The highest BCUT2D eigenvalue weighted by Crippen LogP contribution is 2.22. The van der Waals surface area contributed by atoms with Crippen molar-refractivity contribution in [2.45, 2.75) is 33.2 Å². The van der Waals surface area contributed by atoms with Crippen LogP contribution in [-0.4, -0.2) is 17.6 Å². The molecule has 3 heteroatoms. The highest BCUT2D eigenvalue weighted by molar-refractivity contribution is 5.82. The van der Waals surface area contributed by atoms with E-state index >= 15 is 0 Å². The molecule has 2 N–H and O–H groups in total. The molecule has 0 aliphatic rings. The van der Waals surface area contributed by atoms with Gasteiger partial charge in [-0.1, -0.05) is 51.1 Å². The van der Waals surface area contributed by atoms with E-state index in [0.717, 1.165) is 12.0 Å². The molecule has 0 unspecified atom stereocenters. The van der Waals surface area contributed by atoms with E-state index in [9.17, 15) is 9.90 Å². The average molecular weight is 235 g/mol. The smallest absolute Gasteiger partial charge is 0.226 e. The first-order valence-corrected chi connectivity index (χ1v) is 5.98. The third kappa shape index (κ3) is 3.56. The van der Waals surface area contributed by atoms with Crippen molar-refractivity contribution in [1.82, 2.24) is 5.32 Å². The number of amides is 1. The van der Waals surface area contributed by atoms with Crippen molar-refractivity contribution in [2.24, 2.45) is 5.41 Å². The van der Waals surface area contributed by atoms with E-state index in [1.165, 1.54) is 0 Å². The summed E-state index contributed by atoms with van der Waals surface area (Å²) in [5.41, 5.74) is 0.526. The van der Waals surface area contributed by atoms with E-state index in [1.54, 1.807) is 0 Å². The van der Waals surface area contributed by atoms with E-state index in [1.807, 2.05) is 51.1 Å². The molecule has 1 amide bonds. The van der Waals surface area contributed by atoms with Gasteiger partial charge in [-0.05, 0) is 12.0 Å². The summed E-state index contributed by atoms with van der Waals surface area (Å²) in [5, 5.41) is 12.2. The number of carbonyl (C=O) groups excluding carboxylic acids is 1. The Kier molecular flexibility index (Phi) is 4.70. The fraction of sp³-hybridized carbons (Fsp3) is 0.500. The van der Waals surface area contributed by atoms with E-state index in [0.29, 0.717) is 0 Å². The molecule has 17 heavy (non-hydrogen) atoms. The summed E-state index contributed by atoms with van der Waals surface area (Å²) in [6, 6.07) is 9.19.